The molecule has 1 amide bonds. The summed E-state index contributed by atoms with van der Waals surface area (Å²) in [6, 6.07) is 7.10. The first kappa shape index (κ1) is 25.8. The Morgan fingerprint density at radius 3 is 2.51 bits per heavy atom. The van der Waals surface area contributed by atoms with Crippen LogP contribution in [0.25, 0.3) is 16.6 Å². The van der Waals surface area contributed by atoms with E-state index in [0.29, 0.717) is 5.56 Å². The lowest BCUT2D eigenvalue weighted by Gasteiger charge is -2.18. The number of aromatic nitrogens is 2. The van der Waals surface area contributed by atoms with Gasteiger partial charge >= 0.3 is 12.1 Å². The number of aliphatic hydroxyl groups is 1. The average Bonchev–Trinajstić information content (AvgIpc) is 2.80. The van der Waals surface area contributed by atoms with Crippen LogP contribution in [0, 0.1) is 13.8 Å². The number of fused-ring (bicyclic) bond motifs is 1. The van der Waals surface area contributed by atoms with E-state index in [4.69, 9.17) is 9.84 Å². The lowest BCUT2D eigenvalue weighted by Crippen LogP contribution is -2.31. The highest BCUT2D eigenvalue weighted by Gasteiger charge is 2.24. The molecule has 186 valence electrons. The molecule has 12 nitrogen and oxygen atoms in total. The minimum absolute atomic E-state index is 0.0156. The number of ether oxygens (including phenoxy) is 1. The van der Waals surface area contributed by atoms with E-state index >= 15 is 0 Å². The fraction of sp³-hybridized carbons (Fsp3) is 0.273. The van der Waals surface area contributed by atoms with E-state index in [1.165, 1.54) is 44.3 Å². The van der Waals surface area contributed by atoms with Gasteiger partial charge in [0.1, 0.15) is 4.90 Å². The Morgan fingerprint density at radius 1 is 1.20 bits per heavy atom. The predicted octanol–water partition coefficient (Wildman–Crippen LogP) is 0.827. The summed E-state index contributed by atoms with van der Waals surface area (Å²) in [7, 11) is -2.81. The van der Waals surface area contributed by atoms with Gasteiger partial charge in [-0.15, -0.1) is 0 Å². The Bertz CT molecular complexity index is 1480. The number of para-hydroxylation sites is 1. The second-order valence-corrected chi connectivity index (χ2v) is 9.32. The molecule has 0 unspecified atom stereocenters. The number of carbonyl (C=O) groups is 2. The van der Waals surface area contributed by atoms with Crippen molar-refractivity contribution in [3.63, 3.8) is 0 Å². The highest BCUT2D eigenvalue weighted by Crippen LogP contribution is 2.25. The van der Waals surface area contributed by atoms with Crippen molar-refractivity contribution in [2.45, 2.75) is 25.3 Å². The molecule has 0 fully saturated rings. The van der Waals surface area contributed by atoms with Crippen LogP contribution in [0.1, 0.15) is 27.3 Å². The van der Waals surface area contributed by atoms with Crippen LogP contribution in [0.15, 0.2) is 40.0 Å². The maximum absolute atomic E-state index is 13.8. The van der Waals surface area contributed by atoms with E-state index in [9.17, 15) is 27.9 Å². The summed E-state index contributed by atoms with van der Waals surface area (Å²) in [6.07, 6.45) is -0.885. The summed E-state index contributed by atoms with van der Waals surface area (Å²) in [6.45, 7) is 2.15. The Hall–Kier alpha value is -3.81. The molecule has 4 N–H and O–H groups in total. The molecule has 2 aromatic carbocycles. The molecular formula is C22H24N4O8S. The summed E-state index contributed by atoms with van der Waals surface area (Å²) in [5.74, 6) is -1.32. The molecule has 3 aromatic rings. The number of carbonyl (C=O) groups excluding carboxylic acids is 1. The zero-order valence-corrected chi connectivity index (χ0v) is 20.0. The molecule has 0 saturated carbocycles. The number of rotatable bonds is 8. The zero-order chi connectivity index (χ0) is 25.9. The van der Waals surface area contributed by atoms with Crippen molar-refractivity contribution >= 4 is 33.0 Å². The van der Waals surface area contributed by atoms with Gasteiger partial charge in [-0.2, -0.15) is 0 Å². The summed E-state index contributed by atoms with van der Waals surface area (Å²) < 4.78 is 33.7. The van der Waals surface area contributed by atoms with Crippen LogP contribution >= 0.6 is 0 Å². The topological polar surface area (TPSA) is 177 Å². The summed E-state index contributed by atoms with van der Waals surface area (Å²) in [5, 5.41) is 20.8. The summed E-state index contributed by atoms with van der Waals surface area (Å²) >= 11 is 0. The lowest BCUT2D eigenvalue weighted by atomic mass is 9.98. The number of nitrogens with one attached hydrogen (secondary N) is 2. The van der Waals surface area contributed by atoms with Crippen molar-refractivity contribution in [2.24, 2.45) is 0 Å². The number of aryl methyl sites for hydroxylation is 2. The second-order valence-electron chi connectivity index (χ2n) is 7.46. The average molecular weight is 505 g/mol. The van der Waals surface area contributed by atoms with Crippen molar-refractivity contribution < 1.29 is 33.0 Å². The minimum atomic E-state index is -4.03. The predicted molar refractivity (Wildman–Crippen MR) is 125 cm³/mol. The van der Waals surface area contributed by atoms with Crippen LogP contribution in [-0.4, -0.2) is 60.4 Å². The lowest BCUT2D eigenvalue weighted by molar-refractivity contribution is 0.0695. The minimum Gasteiger partial charge on any atom is -0.478 e. The molecule has 0 aliphatic heterocycles. The molecule has 0 saturated heterocycles. The fourth-order valence-corrected chi connectivity index (χ4v) is 4.64. The first-order valence-electron chi connectivity index (χ1n) is 10.4. The number of carboxylic acid groups (broad SMARTS) is 1. The summed E-state index contributed by atoms with van der Waals surface area (Å²) in [4.78, 5) is 41.7. The number of aliphatic hydroxyl groups excluding tert-OH is 1. The van der Waals surface area contributed by atoms with E-state index < -0.39 is 34.3 Å². The third-order valence-corrected chi connectivity index (χ3v) is 6.73. The number of aromatic carboxylic acids is 1. The number of hydrogen-bond acceptors (Lipinski definition) is 8. The molecule has 0 bridgehead atoms. The Kier molecular flexibility index (Phi) is 7.53. The molecule has 0 aliphatic carbocycles. The number of carboxylic acids is 1. The second kappa shape index (κ2) is 10.2. The third kappa shape index (κ3) is 5.01. The van der Waals surface area contributed by atoms with Crippen LogP contribution in [0.2, 0.25) is 0 Å². The number of hydrogen-bond donors (Lipinski definition) is 4. The molecule has 3 rings (SSSR count). The normalized spacial score (nSPS) is 11.4. The Labute approximate surface area is 200 Å². The van der Waals surface area contributed by atoms with Crippen LogP contribution in [0.4, 0.5) is 4.79 Å². The van der Waals surface area contributed by atoms with E-state index in [-0.39, 0.29) is 51.6 Å². The van der Waals surface area contributed by atoms with Crippen molar-refractivity contribution in [3.05, 3.63) is 63.2 Å². The van der Waals surface area contributed by atoms with Gasteiger partial charge < -0.3 is 20.3 Å². The number of amides is 1. The Morgan fingerprint density at radius 2 is 1.89 bits per heavy atom. The maximum Gasteiger partial charge on any atom is 0.407 e. The van der Waals surface area contributed by atoms with Gasteiger partial charge in [0.25, 0.3) is 5.56 Å². The van der Waals surface area contributed by atoms with Gasteiger partial charge in [0.15, 0.2) is 12.4 Å². The highest BCUT2D eigenvalue weighted by molar-refractivity contribution is 7.89. The van der Waals surface area contributed by atoms with E-state index in [1.807, 2.05) is 0 Å². The molecular weight excluding hydrogens is 480 g/mol. The van der Waals surface area contributed by atoms with Gasteiger partial charge in [-0.3, -0.25) is 9.36 Å². The molecule has 0 atom stereocenters. The summed E-state index contributed by atoms with van der Waals surface area (Å²) in [5.41, 5.74) is -0.157. The quantitative estimate of drug-likeness (QED) is 0.346. The van der Waals surface area contributed by atoms with E-state index in [0.717, 1.165) is 4.57 Å². The van der Waals surface area contributed by atoms with Crippen LogP contribution < -0.4 is 15.6 Å². The molecule has 0 radical (unpaired) electrons. The van der Waals surface area contributed by atoms with E-state index in [1.54, 1.807) is 6.92 Å². The first-order valence-corrected chi connectivity index (χ1v) is 11.8. The molecule has 35 heavy (non-hydrogen) atoms. The Balaban J connectivity index is 2.37. The van der Waals surface area contributed by atoms with Gasteiger partial charge in [-0.05, 0) is 50.2 Å². The van der Waals surface area contributed by atoms with E-state index in [2.05, 4.69) is 15.0 Å². The number of benzene rings is 2. The zero-order valence-electron chi connectivity index (χ0n) is 19.2. The van der Waals surface area contributed by atoms with Gasteiger partial charge in [0.05, 0.1) is 28.8 Å². The monoisotopic (exact) mass is 504 g/mol. The SMILES string of the molecule is CNS(=O)(=O)c1ccccc1-n1c(COC(=O)NCCO)nc2cc(C)c(C(=O)O)c(C)c2c1=O. The maximum atomic E-state index is 13.8. The number of sulfonamides is 1. The third-order valence-electron chi connectivity index (χ3n) is 5.27. The number of nitrogens with zero attached hydrogens (tertiary/aromatic N) is 2. The van der Waals surface area contributed by atoms with Crippen LogP contribution in [0.3, 0.4) is 0 Å². The molecule has 1 aromatic heterocycles. The smallest absolute Gasteiger partial charge is 0.407 e. The van der Waals surface area contributed by atoms with Crippen molar-refractivity contribution in [3.8, 4) is 5.69 Å². The molecule has 13 heteroatoms. The number of alkyl carbamates (subject to hydrolysis) is 1. The highest BCUT2D eigenvalue weighted by atomic mass is 32.2. The fourth-order valence-electron chi connectivity index (χ4n) is 3.73. The standard InChI is InChI=1S/C22H24N4O8S/c1-12-10-14-19(13(2)18(12)21(29)30)20(28)26(17(25-14)11-34-22(31)24-8-9-27)15-6-4-5-7-16(15)35(32,33)23-3/h4-7,10,23,27H,8-9,11H2,1-3H3,(H,24,31)(H,29,30). The van der Waals surface area contributed by atoms with Crippen molar-refractivity contribution in [2.75, 3.05) is 20.2 Å². The van der Waals surface area contributed by atoms with Crippen LogP contribution in [-0.2, 0) is 21.4 Å². The molecule has 1 heterocycles. The van der Waals surface area contributed by atoms with Gasteiger partial charge in [0, 0.05) is 6.54 Å². The first-order chi connectivity index (χ1) is 16.5. The van der Waals surface area contributed by atoms with Crippen LogP contribution in [0.5, 0.6) is 0 Å². The largest absolute Gasteiger partial charge is 0.478 e. The van der Waals surface area contributed by atoms with Gasteiger partial charge in [0.2, 0.25) is 10.0 Å². The van der Waals surface area contributed by atoms with Gasteiger partial charge in [-0.1, -0.05) is 12.1 Å². The van der Waals surface area contributed by atoms with Crippen molar-refractivity contribution in [1.29, 1.82) is 0 Å². The molecule has 0 aliphatic rings. The van der Waals surface area contributed by atoms with Crippen molar-refractivity contribution in [1.82, 2.24) is 19.6 Å². The van der Waals surface area contributed by atoms with Gasteiger partial charge in [-0.25, -0.2) is 27.7 Å². The molecule has 0 spiro atoms.